The van der Waals surface area contributed by atoms with Gasteiger partial charge in [0.05, 0.1) is 6.61 Å². The zero-order valence-corrected chi connectivity index (χ0v) is 18.0. The molecule has 0 saturated heterocycles. The van der Waals surface area contributed by atoms with Crippen LogP contribution in [0.2, 0.25) is 0 Å². The Hall–Kier alpha value is -0.0400. The van der Waals surface area contributed by atoms with Gasteiger partial charge in [-0.2, -0.15) is 0 Å². The molecule has 0 spiro atoms. The van der Waals surface area contributed by atoms with Gasteiger partial charge in [0.15, 0.2) is 0 Å². The van der Waals surface area contributed by atoms with Crippen molar-refractivity contribution in [3.05, 3.63) is 13.5 Å². The molecular formula is C25H50O. The second-order valence-corrected chi connectivity index (χ2v) is 8.25. The molecule has 0 heterocycles. The van der Waals surface area contributed by atoms with E-state index in [4.69, 9.17) is 5.11 Å². The average Bonchev–Trinajstić information content (AvgIpc) is 2.66. The average molecular weight is 367 g/mol. The summed E-state index contributed by atoms with van der Waals surface area (Å²) in [6, 6.07) is 0. The van der Waals surface area contributed by atoms with Gasteiger partial charge < -0.3 is 5.11 Å². The van der Waals surface area contributed by atoms with Crippen molar-refractivity contribution in [2.75, 3.05) is 0 Å². The van der Waals surface area contributed by atoms with Gasteiger partial charge in [-0.25, -0.2) is 0 Å². The number of rotatable bonds is 23. The summed E-state index contributed by atoms with van der Waals surface area (Å²) in [6.07, 6.45) is 31.7. The van der Waals surface area contributed by atoms with Gasteiger partial charge in [0.2, 0.25) is 0 Å². The van der Waals surface area contributed by atoms with E-state index in [1.807, 2.05) is 0 Å². The predicted molar refractivity (Wildman–Crippen MR) is 118 cm³/mol. The maximum Gasteiger partial charge on any atom is 0.0799 e. The predicted octanol–water partition coefficient (Wildman–Crippen LogP) is 9.33. The summed E-state index contributed by atoms with van der Waals surface area (Å²) < 4.78 is 0. The molecular weight excluding hydrogens is 316 g/mol. The van der Waals surface area contributed by atoms with Crippen LogP contribution in [0, 0.1) is 13.5 Å². The van der Waals surface area contributed by atoms with Gasteiger partial charge in [-0.3, -0.25) is 0 Å². The van der Waals surface area contributed by atoms with Crippen molar-refractivity contribution in [3.63, 3.8) is 0 Å². The fraction of sp³-hybridized carbons (Fsp3) is 0.920. The van der Waals surface area contributed by atoms with Crippen LogP contribution in [-0.2, 0) is 0 Å². The molecule has 0 aliphatic heterocycles. The van der Waals surface area contributed by atoms with E-state index >= 15 is 0 Å². The summed E-state index contributed by atoms with van der Waals surface area (Å²) in [4.78, 5) is 0. The molecule has 0 aromatic carbocycles. The lowest BCUT2D eigenvalue weighted by Crippen LogP contribution is -1.84. The molecule has 0 unspecified atom stereocenters. The van der Waals surface area contributed by atoms with Crippen molar-refractivity contribution in [1.82, 2.24) is 0 Å². The van der Waals surface area contributed by atoms with Gasteiger partial charge in [-0.05, 0) is 6.42 Å². The number of unbranched alkanes of at least 4 members (excludes halogenated alkanes) is 22. The Morgan fingerprint density at radius 3 is 0.846 bits per heavy atom. The van der Waals surface area contributed by atoms with Crippen LogP contribution in [0.3, 0.4) is 0 Å². The zero-order valence-electron chi connectivity index (χ0n) is 18.0. The first-order chi connectivity index (χ1) is 12.9. The molecule has 1 N–H and O–H groups in total. The van der Waals surface area contributed by atoms with Crippen LogP contribution in [0.1, 0.15) is 148 Å². The molecule has 0 aromatic heterocycles. The summed E-state index contributed by atoms with van der Waals surface area (Å²) in [5.41, 5.74) is 0. The molecule has 0 amide bonds. The van der Waals surface area contributed by atoms with Crippen LogP contribution in [-0.4, -0.2) is 5.11 Å². The maximum atomic E-state index is 8.61. The lowest BCUT2D eigenvalue weighted by molar-refractivity contribution is 0.367. The highest BCUT2D eigenvalue weighted by Crippen LogP contribution is 2.15. The van der Waals surface area contributed by atoms with E-state index in [0.29, 0.717) is 0 Å². The van der Waals surface area contributed by atoms with Crippen LogP contribution in [0.15, 0.2) is 0 Å². The van der Waals surface area contributed by atoms with E-state index in [1.54, 1.807) is 0 Å². The van der Waals surface area contributed by atoms with E-state index in [0.717, 1.165) is 19.3 Å². The molecule has 26 heavy (non-hydrogen) atoms. The quantitative estimate of drug-likeness (QED) is 0.179. The first-order valence-electron chi connectivity index (χ1n) is 12.2. The highest BCUT2D eigenvalue weighted by Gasteiger charge is 1.95. The van der Waals surface area contributed by atoms with Crippen LogP contribution in [0.25, 0.3) is 0 Å². The normalized spacial score (nSPS) is 11.3. The van der Waals surface area contributed by atoms with Gasteiger partial charge in [0.25, 0.3) is 0 Å². The standard InChI is InChI=1S/C25H50O/c1-2-3-4-5-6-7-8-9-10-11-12-13-14-15-16-17-18-19-20-21-22-23-24-25-26/h25-26H,1-24H2. The Kier molecular flexibility index (Phi) is 24.9. The second kappa shape index (κ2) is 25.0. The summed E-state index contributed by atoms with van der Waals surface area (Å²) in [7, 11) is 0. The summed E-state index contributed by atoms with van der Waals surface area (Å²) in [6.45, 7) is 5.20. The maximum absolute atomic E-state index is 8.61. The summed E-state index contributed by atoms with van der Waals surface area (Å²) >= 11 is 0. The van der Waals surface area contributed by atoms with Crippen LogP contribution >= 0.6 is 0 Å². The van der Waals surface area contributed by atoms with E-state index in [1.165, 1.54) is 135 Å². The van der Waals surface area contributed by atoms with Gasteiger partial charge >= 0.3 is 0 Å². The molecule has 2 radical (unpaired) electrons. The minimum Gasteiger partial charge on any atom is -0.390 e. The second-order valence-electron chi connectivity index (χ2n) is 8.25. The zero-order chi connectivity index (χ0) is 19.0. The van der Waals surface area contributed by atoms with Crippen molar-refractivity contribution >= 4 is 0 Å². The molecule has 0 atom stereocenters. The Balaban J connectivity index is 2.95. The Bertz CT molecular complexity index is 202. The largest absolute Gasteiger partial charge is 0.390 e. The number of aliphatic hydroxyl groups is 1. The number of hydrogen-bond donors (Lipinski definition) is 1. The fourth-order valence-electron chi connectivity index (χ4n) is 3.77. The molecule has 1 nitrogen and oxygen atoms in total. The van der Waals surface area contributed by atoms with Crippen LogP contribution < -0.4 is 0 Å². The smallest absolute Gasteiger partial charge is 0.0799 e. The van der Waals surface area contributed by atoms with Crippen LogP contribution in [0.4, 0.5) is 0 Å². The van der Waals surface area contributed by atoms with E-state index < -0.39 is 0 Å². The van der Waals surface area contributed by atoms with Crippen molar-refractivity contribution < 1.29 is 5.11 Å². The fourth-order valence-corrected chi connectivity index (χ4v) is 3.77. The summed E-state index contributed by atoms with van der Waals surface area (Å²) in [5.74, 6) is 0. The van der Waals surface area contributed by atoms with E-state index in [-0.39, 0.29) is 0 Å². The van der Waals surface area contributed by atoms with Gasteiger partial charge in [-0.1, -0.05) is 148 Å². The lowest BCUT2D eigenvalue weighted by Gasteiger charge is -2.04. The minimum absolute atomic E-state index is 0.872. The molecule has 1 heteroatoms. The Morgan fingerprint density at radius 2 is 0.615 bits per heavy atom. The van der Waals surface area contributed by atoms with Crippen molar-refractivity contribution in [2.24, 2.45) is 0 Å². The van der Waals surface area contributed by atoms with Gasteiger partial charge in [-0.15, -0.1) is 0 Å². The van der Waals surface area contributed by atoms with Crippen LogP contribution in [0.5, 0.6) is 0 Å². The van der Waals surface area contributed by atoms with E-state index in [9.17, 15) is 0 Å². The molecule has 0 bridgehead atoms. The molecule has 0 aliphatic carbocycles. The number of hydrogen-bond acceptors (Lipinski definition) is 1. The van der Waals surface area contributed by atoms with E-state index in [2.05, 4.69) is 6.92 Å². The van der Waals surface area contributed by atoms with Crippen molar-refractivity contribution in [2.45, 2.75) is 148 Å². The molecule has 0 aromatic rings. The number of aliphatic hydroxyl groups excluding tert-OH is 1. The highest BCUT2D eigenvalue weighted by atomic mass is 16.2. The first-order valence-corrected chi connectivity index (χ1v) is 12.2. The van der Waals surface area contributed by atoms with Gasteiger partial charge in [0.1, 0.15) is 0 Å². The van der Waals surface area contributed by atoms with Crippen molar-refractivity contribution in [1.29, 1.82) is 0 Å². The molecule has 0 rings (SSSR count). The first kappa shape index (κ1) is 26.0. The topological polar surface area (TPSA) is 20.2 Å². The van der Waals surface area contributed by atoms with Gasteiger partial charge in [0, 0.05) is 0 Å². The lowest BCUT2D eigenvalue weighted by atomic mass is 10.0. The third-order valence-corrected chi connectivity index (χ3v) is 5.58. The van der Waals surface area contributed by atoms with Crippen molar-refractivity contribution in [3.8, 4) is 0 Å². The molecule has 0 saturated carbocycles. The molecule has 0 fully saturated rings. The Morgan fingerprint density at radius 1 is 0.385 bits per heavy atom. The SMILES string of the molecule is [CH2]CCCCCCCCCCCCCCCCCCCCCCC[CH]O. The highest BCUT2D eigenvalue weighted by molar-refractivity contribution is 4.52. The monoisotopic (exact) mass is 366 g/mol. The third kappa shape index (κ3) is 24.0. The Labute approximate surface area is 166 Å². The minimum atomic E-state index is 0.872. The molecule has 156 valence electrons. The summed E-state index contributed by atoms with van der Waals surface area (Å²) in [5, 5.41) is 8.61. The molecule has 0 aliphatic rings. The third-order valence-electron chi connectivity index (χ3n) is 5.58.